The second kappa shape index (κ2) is 5.69. The van der Waals surface area contributed by atoms with Crippen LogP contribution in [0.2, 0.25) is 0 Å². The van der Waals surface area contributed by atoms with Crippen molar-refractivity contribution in [1.29, 1.82) is 0 Å². The van der Waals surface area contributed by atoms with Gasteiger partial charge in [0.15, 0.2) is 0 Å². The molecule has 0 saturated carbocycles. The van der Waals surface area contributed by atoms with Gasteiger partial charge in [0, 0.05) is 7.11 Å². The first-order valence-electron chi connectivity index (χ1n) is 5.65. The number of hydrogen-bond donors (Lipinski definition) is 0. The van der Waals surface area contributed by atoms with Crippen molar-refractivity contribution in [3.05, 3.63) is 53.8 Å². The van der Waals surface area contributed by atoms with Crippen LogP contribution in [0.5, 0.6) is 0 Å². The van der Waals surface area contributed by atoms with Crippen molar-refractivity contribution in [2.24, 2.45) is 0 Å². The Morgan fingerprint density at radius 3 is 2.88 bits per heavy atom. The SMILES string of the molecule is C=C/C(=C\C)C(C)(OC)C1=CCCC=C=C1. The lowest BCUT2D eigenvalue weighted by Gasteiger charge is -2.30. The minimum Gasteiger partial charge on any atom is -0.369 e. The van der Waals surface area contributed by atoms with Gasteiger partial charge in [-0.15, -0.1) is 5.73 Å². The number of hydrogen-bond acceptors (Lipinski definition) is 1. The van der Waals surface area contributed by atoms with Crippen LogP contribution in [0.25, 0.3) is 0 Å². The van der Waals surface area contributed by atoms with Crippen LogP contribution in [0.4, 0.5) is 0 Å². The lowest BCUT2D eigenvalue weighted by Crippen LogP contribution is -2.31. The van der Waals surface area contributed by atoms with Crippen LogP contribution in [0.1, 0.15) is 26.7 Å². The van der Waals surface area contributed by atoms with Crippen LogP contribution in [-0.2, 0) is 4.74 Å². The first-order valence-corrected chi connectivity index (χ1v) is 5.65. The smallest absolute Gasteiger partial charge is 0.115 e. The highest BCUT2D eigenvalue weighted by Crippen LogP contribution is 2.31. The summed E-state index contributed by atoms with van der Waals surface area (Å²) >= 11 is 0. The highest BCUT2D eigenvalue weighted by Gasteiger charge is 2.29. The van der Waals surface area contributed by atoms with Gasteiger partial charge in [-0.25, -0.2) is 0 Å². The van der Waals surface area contributed by atoms with E-state index in [1.807, 2.05) is 25.2 Å². The van der Waals surface area contributed by atoms with Gasteiger partial charge in [-0.3, -0.25) is 0 Å². The van der Waals surface area contributed by atoms with Crippen LogP contribution < -0.4 is 0 Å². The Balaban J connectivity index is 3.18. The molecule has 0 aliphatic heterocycles. The third-order valence-corrected chi connectivity index (χ3v) is 3.07. The summed E-state index contributed by atoms with van der Waals surface area (Å²) in [5.74, 6) is 0. The molecule has 1 aliphatic rings. The molecule has 1 aliphatic carbocycles. The van der Waals surface area contributed by atoms with Gasteiger partial charge < -0.3 is 4.74 Å². The number of ether oxygens (including phenoxy) is 1. The van der Waals surface area contributed by atoms with Gasteiger partial charge in [-0.2, -0.15) is 0 Å². The Labute approximate surface area is 98.5 Å². The van der Waals surface area contributed by atoms with Crippen LogP contribution in [0.15, 0.2) is 53.8 Å². The first kappa shape index (κ1) is 12.8. The van der Waals surface area contributed by atoms with Gasteiger partial charge in [0.1, 0.15) is 5.60 Å². The van der Waals surface area contributed by atoms with Gasteiger partial charge in [-0.1, -0.05) is 24.8 Å². The lowest BCUT2D eigenvalue weighted by atomic mass is 9.86. The third kappa shape index (κ3) is 2.44. The first-order chi connectivity index (χ1) is 7.69. The molecule has 1 unspecified atom stereocenters. The van der Waals surface area contributed by atoms with E-state index in [0.29, 0.717) is 0 Å². The van der Waals surface area contributed by atoms with E-state index in [-0.39, 0.29) is 0 Å². The lowest BCUT2D eigenvalue weighted by molar-refractivity contribution is 0.0757. The Kier molecular flexibility index (Phi) is 4.54. The number of methoxy groups -OCH3 is 1. The molecule has 0 saturated heterocycles. The summed E-state index contributed by atoms with van der Waals surface area (Å²) in [4.78, 5) is 0. The molecule has 86 valence electrons. The predicted molar refractivity (Wildman–Crippen MR) is 69.3 cm³/mol. The van der Waals surface area contributed by atoms with Crippen molar-refractivity contribution >= 4 is 0 Å². The zero-order valence-corrected chi connectivity index (χ0v) is 10.4. The highest BCUT2D eigenvalue weighted by molar-refractivity contribution is 5.43. The fraction of sp³-hybridized carbons (Fsp3) is 0.400. The molecule has 0 fully saturated rings. The summed E-state index contributed by atoms with van der Waals surface area (Å²) in [6.45, 7) is 7.92. The monoisotopic (exact) mass is 216 g/mol. The molecule has 1 atom stereocenters. The van der Waals surface area contributed by atoms with Crippen molar-refractivity contribution in [2.45, 2.75) is 32.3 Å². The third-order valence-electron chi connectivity index (χ3n) is 3.07. The Hall–Kier alpha value is -1.30. The molecular weight excluding hydrogens is 196 g/mol. The Morgan fingerprint density at radius 2 is 2.31 bits per heavy atom. The van der Waals surface area contributed by atoms with Crippen molar-refractivity contribution in [1.82, 2.24) is 0 Å². The topological polar surface area (TPSA) is 9.23 Å². The summed E-state index contributed by atoms with van der Waals surface area (Å²) in [5.41, 5.74) is 5.00. The van der Waals surface area contributed by atoms with Crippen molar-refractivity contribution in [3.8, 4) is 0 Å². The quantitative estimate of drug-likeness (QED) is 0.510. The second-order valence-corrected chi connectivity index (χ2v) is 3.94. The zero-order valence-electron chi connectivity index (χ0n) is 10.4. The van der Waals surface area contributed by atoms with Crippen molar-refractivity contribution in [2.75, 3.05) is 7.11 Å². The van der Waals surface area contributed by atoms with Crippen LogP contribution in [0, 0.1) is 0 Å². The molecule has 0 aromatic heterocycles. The minimum atomic E-state index is -0.415. The predicted octanol–water partition coefficient (Wildman–Crippen LogP) is 3.96. The molecule has 0 N–H and O–H groups in total. The number of rotatable bonds is 4. The fourth-order valence-electron chi connectivity index (χ4n) is 1.94. The normalized spacial score (nSPS) is 19.9. The summed E-state index contributed by atoms with van der Waals surface area (Å²) in [7, 11) is 1.73. The second-order valence-electron chi connectivity index (χ2n) is 3.94. The minimum absolute atomic E-state index is 0.415. The van der Waals surface area contributed by atoms with Gasteiger partial charge in [0.25, 0.3) is 0 Å². The maximum atomic E-state index is 5.68. The molecule has 0 aromatic carbocycles. The molecular formula is C15H20O. The van der Waals surface area contributed by atoms with E-state index in [4.69, 9.17) is 4.74 Å². The van der Waals surface area contributed by atoms with E-state index < -0.39 is 5.60 Å². The molecule has 0 heterocycles. The summed E-state index contributed by atoms with van der Waals surface area (Å²) < 4.78 is 5.68. The van der Waals surface area contributed by atoms with E-state index in [2.05, 4.69) is 31.4 Å². The van der Waals surface area contributed by atoms with Crippen LogP contribution in [0.3, 0.4) is 0 Å². The summed E-state index contributed by atoms with van der Waals surface area (Å²) in [5, 5.41) is 0. The summed E-state index contributed by atoms with van der Waals surface area (Å²) in [6, 6.07) is 0. The van der Waals surface area contributed by atoms with Crippen LogP contribution in [-0.4, -0.2) is 12.7 Å². The fourth-order valence-corrected chi connectivity index (χ4v) is 1.94. The van der Waals surface area contributed by atoms with E-state index in [9.17, 15) is 0 Å². The Bertz CT molecular complexity index is 378. The van der Waals surface area contributed by atoms with Gasteiger partial charge in [0.05, 0.1) is 0 Å². The molecule has 1 nitrogen and oxygen atoms in total. The Morgan fingerprint density at radius 1 is 1.56 bits per heavy atom. The average molecular weight is 216 g/mol. The van der Waals surface area contributed by atoms with Crippen molar-refractivity contribution in [3.63, 3.8) is 0 Å². The molecule has 0 radical (unpaired) electrons. The van der Waals surface area contributed by atoms with E-state index in [1.54, 1.807) is 7.11 Å². The molecule has 0 bridgehead atoms. The zero-order chi connectivity index (χ0) is 12.0. The standard InChI is InChI=1S/C15H20O/c1-5-13(6-2)15(3,16-4)14-11-9-7-8-10-12-14/h5-7,11-12H,1,8,10H2,2-4H3/b13-6+. The molecule has 0 spiro atoms. The van der Waals surface area contributed by atoms with Crippen molar-refractivity contribution < 1.29 is 4.74 Å². The summed E-state index contributed by atoms with van der Waals surface area (Å²) in [6.07, 6.45) is 12.2. The van der Waals surface area contributed by atoms with E-state index in [1.165, 1.54) is 0 Å². The largest absolute Gasteiger partial charge is 0.369 e. The molecule has 1 heteroatoms. The average Bonchev–Trinajstić information content (AvgIpc) is 2.59. The molecule has 0 amide bonds. The van der Waals surface area contributed by atoms with E-state index in [0.717, 1.165) is 24.0 Å². The highest BCUT2D eigenvalue weighted by atomic mass is 16.5. The number of allylic oxidation sites excluding steroid dienone is 2. The molecule has 0 aromatic rings. The molecule has 1 rings (SSSR count). The molecule has 16 heavy (non-hydrogen) atoms. The maximum absolute atomic E-state index is 5.68. The van der Waals surface area contributed by atoms with Gasteiger partial charge in [-0.05, 0) is 50.0 Å². The van der Waals surface area contributed by atoms with Gasteiger partial charge >= 0.3 is 0 Å². The van der Waals surface area contributed by atoms with Gasteiger partial charge in [0.2, 0.25) is 0 Å². The van der Waals surface area contributed by atoms with E-state index >= 15 is 0 Å². The van der Waals surface area contributed by atoms with Crippen LogP contribution >= 0.6 is 0 Å². The maximum Gasteiger partial charge on any atom is 0.115 e.